The minimum Gasteiger partial charge on any atom is -0.491 e. The van der Waals surface area contributed by atoms with E-state index in [0.29, 0.717) is 95.6 Å². The Morgan fingerprint density at radius 3 is 2.10 bits per heavy atom. The number of hydrogen-bond acceptors (Lipinski definition) is 16. The average molecular weight is 780 g/mol. The number of carbonyl (C=O) groups excluding carboxylic acids is 2. The van der Waals surface area contributed by atoms with Crippen LogP contribution in [0.25, 0.3) is 5.76 Å². The third-order valence-corrected chi connectivity index (χ3v) is 9.63. The minimum atomic E-state index is -0.486. The molecule has 0 spiro atoms. The average Bonchev–Trinajstić information content (AvgIpc) is 3.96. The number of Topliss-reactive ketones (excluding diaryl/α,β-unsaturated/α-hetero) is 1. The summed E-state index contributed by atoms with van der Waals surface area (Å²) in [6.45, 7) is 2.32. The van der Waals surface area contributed by atoms with E-state index in [4.69, 9.17) is 48.9 Å². The third-order valence-electron chi connectivity index (χ3n) is 9.63. The van der Waals surface area contributed by atoms with Crippen LogP contribution in [0.15, 0.2) is 99.4 Å². The van der Waals surface area contributed by atoms with Gasteiger partial charge in [0.15, 0.2) is 35.4 Å². The van der Waals surface area contributed by atoms with Gasteiger partial charge in [0.25, 0.3) is 0 Å². The molecule has 58 heavy (non-hydrogen) atoms. The molecular weight excluding hydrogens is 743 g/mol. The summed E-state index contributed by atoms with van der Waals surface area (Å²) in [4.78, 5) is 58.0. The van der Waals surface area contributed by atoms with Crippen molar-refractivity contribution >= 4 is 52.2 Å². The fourth-order valence-electron chi connectivity index (χ4n) is 7.00. The zero-order chi connectivity index (χ0) is 40.0. The molecule has 0 N–H and O–H groups in total. The molecule has 0 amide bonds. The number of carbonyl (C=O) groups is 2. The molecular formula is C42H37N9O7. The van der Waals surface area contributed by atoms with E-state index in [1.54, 1.807) is 67.3 Å². The van der Waals surface area contributed by atoms with Crippen LogP contribution in [-0.2, 0) is 9.53 Å². The van der Waals surface area contributed by atoms with E-state index in [1.807, 2.05) is 28.0 Å². The molecule has 0 radical (unpaired) electrons. The largest absolute Gasteiger partial charge is 0.491 e. The number of esters is 1. The second kappa shape index (κ2) is 16.8. The summed E-state index contributed by atoms with van der Waals surface area (Å²) in [5.41, 5.74) is 3.62. The van der Waals surface area contributed by atoms with Crippen molar-refractivity contribution < 1.29 is 33.3 Å². The number of ketones is 1. The first-order valence-electron chi connectivity index (χ1n) is 18.6. The Hall–Kier alpha value is -7.41. The molecule has 2 aromatic carbocycles. The molecule has 0 saturated heterocycles. The molecule has 6 heterocycles. The monoisotopic (exact) mass is 779 g/mol. The summed E-state index contributed by atoms with van der Waals surface area (Å²) in [7, 11) is 3.04. The zero-order valence-corrected chi connectivity index (χ0v) is 31.8. The highest BCUT2D eigenvalue weighted by Gasteiger charge is 2.34. The van der Waals surface area contributed by atoms with Crippen LogP contribution in [-0.4, -0.2) is 108 Å². The van der Waals surface area contributed by atoms with Gasteiger partial charge in [-0.3, -0.25) is 29.5 Å². The first-order chi connectivity index (χ1) is 28.5. The van der Waals surface area contributed by atoms with Gasteiger partial charge in [0.1, 0.15) is 46.5 Å². The quantitative estimate of drug-likeness (QED) is 0.0655. The van der Waals surface area contributed by atoms with Crippen LogP contribution in [0.3, 0.4) is 0 Å². The van der Waals surface area contributed by atoms with E-state index >= 15 is 0 Å². The van der Waals surface area contributed by atoms with E-state index in [-0.39, 0.29) is 37.6 Å². The summed E-state index contributed by atoms with van der Waals surface area (Å²) in [6.07, 6.45) is 8.52. The number of methoxy groups -OCH3 is 2. The smallest absolute Gasteiger partial charge is 0.311 e. The summed E-state index contributed by atoms with van der Waals surface area (Å²) in [6, 6.07) is 16.2. The van der Waals surface area contributed by atoms with Crippen molar-refractivity contribution in [2.45, 2.75) is 19.3 Å². The van der Waals surface area contributed by atoms with E-state index < -0.39 is 5.97 Å². The van der Waals surface area contributed by atoms with Crippen LogP contribution in [0.4, 0.5) is 11.4 Å². The molecule has 8 rings (SSSR count). The molecule has 0 aliphatic carbocycles. The molecule has 292 valence electrons. The lowest BCUT2D eigenvalue weighted by atomic mass is 10.0. The standard InChI is InChI=1S/C42H37N9O7/c1-54-39-31(11-9-28-37(39)48-34(50-18-16-46-41(28)50)22-30(52)26-6-3-14-44-24-26)56-20-5-8-36(53)58-33(27-7-4-15-45-25-27)23-35-49-38-29(42-47-17-19-51(35)42)10-12-32(40(38)55-2)57-21-13-43/h3-4,6-7,9-12,14-15,23-25H,5,8,16-22H2,1-2H3. The van der Waals surface area contributed by atoms with Gasteiger partial charge < -0.3 is 33.5 Å². The van der Waals surface area contributed by atoms with Crippen molar-refractivity contribution in [1.82, 2.24) is 19.8 Å². The highest BCUT2D eigenvalue weighted by Crippen LogP contribution is 2.45. The van der Waals surface area contributed by atoms with Gasteiger partial charge in [-0.2, -0.15) is 5.26 Å². The van der Waals surface area contributed by atoms with Crippen molar-refractivity contribution in [1.29, 1.82) is 5.26 Å². The number of ether oxygens (including phenoxy) is 5. The predicted octanol–water partition coefficient (Wildman–Crippen LogP) is 5.32. The number of aromatic nitrogens is 2. The van der Waals surface area contributed by atoms with Gasteiger partial charge in [0.05, 0.1) is 40.3 Å². The SMILES string of the molecule is COc1c(OCC#N)ccc2c1N=C(C=C(OC(=O)CCCOc1ccc3c(c1OC)N=C(CC(=O)c1cccnc1)N1CCN=C31)c1cccnc1)N1CCN=C21. The van der Waals surface area contributed by atoms with Crippen molar-refractivity contribution in [2.24, 2.45) is 20.0 Å². The van der Waals surface area contributed by atoms with Gasteiger partial charge in [-0.15, -0.1) is 0 Å². The lowest BCUT2D eigenvalue weighted by molar-refractivity contribution is -0.136. The van der Waals surface area contributed by atoms with E-state index in [9.17, 15) is 9.59 Å². The maximum atomic E-state index is 13.4. The van der Waals surface area contributed by atoms with E-state index in [2.05, 4.69) is 9.97 Å². The molecule has 16 heteroatoms. The first kappa shape index (κ1) is 37.5. The molecule has 4 aliphatic heterocycles. The summed E-state index contributed by atoms with van der Waals surface area (Å²) in [5, 5.41) is 9.08. The number of benzene rings is 2. The number of aliphatic imine (C=N–C) groups is 4. The maximum Gasteiger partial charge on any atom is 0.311 e. The Balaban J connectivity index is 0.986. The fraction of sp³-hybridized carbons (Fsp3) is 0.262. The predicted molar refractivity (Wildman–Crippen MR) is 214 cm³/mol. The first-order valence-corrected chi connectivity index (χ1v) is 18.6. The van der Waals surface area contributed by atoms with E-state index in [0.717, 1.165) is 17.0 Å². The molecule has 4 aliphatic rings. The van der Waals surface area contributed by atoms with Gasteiger partial charge in [-0.05, 0) is 55.0 Å². The lowest BCUT2D eigenvalue weighted by Gasteiger charge is -2.28. The van der Waals surface area contributed by atoms with Crippen LogP contribution < -0.4 is 18.9 Å². The maximum absolute atomic E-state index is 13.4. The molecule has 0 bridgehead atoms. The topological polar surface area (TPSA) is 186 Å². The summed E-state index contributed by atoms with van der Waals surface area (Å²) < 4.78 is 29.3. The Kier molecular flexibility index (Phi) is 10.8. The Morgan fingerprint density at radius 1 is 0.810 bits per heavy atom. The van der Waals surface area contributed by atoms with Crippen LogP contribution in [0.5, 0.6) is 23.0 Å². The minimum absolute atomic E-state index is 0.0362. The highest BCUT2D eigenvalue weighted by molar-refractivity contribution is 6.22. The number of nitrogens with zero attached hydrogens (tertiary/aromatic N) is 9. The number of fused-ring (bicyclic) bond motifs is 6. The van der Waals surface area contributed by atoms with Gasteiger partial charge in [0.2, 0.25) is 0 Å². The van der Waals surface area contributed by atoms with Gasteiger partial charge in [-0.1, -0.05) is 0 Å². The lowest BCUT2D eigenvalue weighted by Crippen LogP contribution is -2.38. The van der Waals surface area contributed by atoms with Crippen molar-refractivity contribution in [3.63, 3.8) is 0 Å². The number of rotatable bonds is 15. The van der Waals surface area contributed by atoms with Gasteiger partial charge in [0, 0.05) is 72.6 Å². The fourth-order valence-corrected chi connectivity index (χ4v) is 7.00. The number of hydrogen-bond donors (Lipinski definition) is 0. The number of nitriles is 1. The molecule has 0 saturated carbocycles. The Morgan fingerprint density at radius 2 is 1.45 bits per heavy atom. The molecule has 4 aromatic rings. The van der Waals surface area contributed by atoms with Gasteiger partial charge in [-0.25, -0.2) is 9.98 Å². The van der Waals surface area contributed by atoms with Crippen LogP contribution in [0, 0.1) is 11.3 Å². The molecule has 0 fully saturated rings. The van der Waals surface area contributed by atoms with Crippen molar-refractivity contribution in [2.75, 3.05) is 53.6 Å². The van der Waals surface area contributed by atoms with E-state index in [1.165, 1.54) is 14.2 Å². The van der Waals surface area contributed by atoms with Gasteiger partial charge >= 0.3 is 5.97 Å². The molecule has 16 nitrogen and oxygen atoms in total. The molecule has 0 unspecified atom stereocenters. The zero-order valence-electron chi connectivity index (χ0n) is 31.8. The van der Waals surface area contributed by atoms with Crippen molar-refractivity contribution in [3.8, 4) is 29.1 Å². The Labute approximate surface area is 333 Å². The number of amidine groups is 4. The van der Waals surface area contributed by atoms with Crippen LogP contribution >= 0.6 is 0 Å². The third kappa shape index (κ3) is 7.44. The van der Waals surface area contributed by atoms with Crippen LogP contribution in [0.1, 0.15) is 46.3 Å². The van der Waals surface area contributed by atoms with Crippen LogP contribution in [0.2, 0.25) is 0 Å². The second-order valence-electron chi connectivity index (χ2n) is 13.2. The number of pyridine rings is 2. The molecule has 2 aromatic heterocycles. The second-order valence-corrected chi connectivity index (χ2v) is 13.2. The molecule has 0 atom stereocenters. The normalized spacial score (nSPS) is 15.0. The highest BCUT2D eigenvalue weighted by atomic mass is 16.5. The summed E-state index contributed by atoms with van der Waals surface area (Å²) in [5.74, 6) is 3.71. The Bertz CT molecular complexity index is 2460. The summed E-state index contributed by atoms with van der Waals surface area (Å²) >= 11 is 0. The van der Waals surface area contributed by atoms with Crippen molar-refractivity contribution in [3.05, 3.63) is 102 Å².